The monoisotopic (exact) mass is 258 g/mol. The van der Waals surface area contributed by atoms with Crippen LogP contribution < -0.4 is 5.32 Å². The van der Waals surface area contributed by atoms with E-state index in [-0.39, 0.29) is 6.04 Å². The molecule has 0 unspecified atom stereocenters. The number of nitrogens with zero attached hydrogens (tertiary/aromatic N) is 3. The van der Waals surface area contributed by atoms with Crippen molar-refractivity contribution < 1.29 is 0 Å². The molecule has 1 heterocycles. The molecule has 0 radical (unpaired) electrons. The fraction of sp³-hybridized carbons (Fsp3) is 0.467. The molecule has 2 rings (SSSR count). The number of aromatic nitrogens is 3. The van der Waals surface area contributed by atoms with Gasteiger partial charge >= 0.3 is 0 Å². The average Bonchev–Trinajstić information content (AvgIpc) is 2.92. The third-order valence-corrected chi connectivity index (χ3v) is 3.11. The normalized spacial score (nSPS) is 12.3. The molecule has 0 aliphatic rings. The highest BCUT2D eigenvalue weighted by Gasteiger charge is 2.14. The van der Waals surface area contributed by atoms with E-state index in [1.54, 1.807) is 0 Å². The molecule has 1 N–H and O–H groups in total. The van der Waals surface area contributed by atoms with E-state index in [0.717, 1.165) is 31.8 Å². The van der Waals surface area contributed by atoms with Crippen molar-refractivity contribution in [3.63, 3.8) is 0 Å². The minimum Gasteiger partial charge on any atom is -0.353 e. The van der Waals surface area contributed by atoms with Gasteiger partial charge in [0.15, 0.2) is 0 Å². The largest absolute Gasteiger partial charge is 0.353 e. The molecule has 1 aromatic heterocycles. The molecule has 1 atom stereocenters. The van der Waals surface area contributed by atoms with Crippen molar-refractivity contribution in [3.8, 4) is 0 Å². The Morgan fingerprint density at radius 3 is 2.63 bits per heavy atom. The number of nitrogens with one attached hydrogen (secondary N) is 1. The first-order valence-corrected chi connectivity index (χ1v) is 7.05. The molecular weight excluding hydrogens is 236 g/mol. The quantitative estimate of drug-likeness (QED) is 0.826. The van der Waals surface area contributed by atoms with E-state index in [1.807, 2.05) is 17.1 Å². The summed E-state index contributed by atoms with van der Waals surface area (Å²) in [7, 11) is 0. The van der Waals surface area contributed by atoms with Crippen molar-refractivity contribution in [2.75, 3.05) is 11.9 Å². The van der Waals surface area contributed by atoms with Gasteiger partial charge in [-0.2, -0.15) is 0 Å². The smallest absolute Gasteiger partial charge is 0.242 e. The zero-order chi connectivity index (χ0) is 13.5. The molecule has 0 saturated carbocycles. The van der Waals surface area contributed by atoms with Gasteiger partial charge < -0.3 is 5.32 Å². The highest BCUT2D eigenvalue weighted by Crippen LogP contribution is 2.22. The van der Waals surface area contributed by atoms with Gasteiger partial charge in [0.1, 0.15) is 6.33 Å². The maximum absolute atomic E-state index is 4.54. The van der Waals surface area contributed by atoms with Gasteiger partial charge in [0.05, 0.1) is 6.04 Å². The van der Waals surface area contributed by atoms with Crippen LogP contribution in [0.25, 0.3) is 0 Å². The number of rotatable bonds is 7. The second kappa shape index (κ2) is 6.92. The zero-order valence-electron chi connectivity index (χ0n) is 11.7. The Morgan fingerprint density at radius 2 is 1.95 bits per heavy atom. The van der Waals surface area contributed by atoms with Crippen molar-refractivity contribution in [1.82, 2.24) is 14.8 Å². The number of anilines is 1. The Kier molecular flexibility index (Phi) is 4.95. The summed E-state index contributed by atoms with van der Waals surface area (Å²) in [5.74, 6) is 0.721. The van der Waals surface area contributed by atoms with Crippen LogP contribution in [0.5, 0.6) is 0 Å². The van der Waals surface area contributed by atoms with Crippen LogP contribution in [0.1, 0.15) is 44.7 Å². The van der Waals surface area contributed by atoms with Crippen molar-refractivity contribution >= 4 is 5.95 Å². The Balaban J connectivity index is 2.17. The summed E-state index contributed by atoms with van der Waals surface area (Å²) in [5, 5.41) is 7.76. The minimum atomic E-state index is 0.274. The summed E-state index contributed by atoms with van der Waals surface area (Å²) < 4.78 is 1.97. The summed E-state index contributed by atoms with van der Waals surface area (Å²) in [6.07, 6.45) is 5.09. The van der Waals surface area contributed by atoms with Gasteiger partial charge in [-0.15, -0.1) is 5.10 Å². The first-order valence-electron chi connectivity index (χ1n) is 7.05. The van der Waals surface area contributed by atoms with Gasteiger partial charge in [0.2, 0.25) is 5.95 Å². The fourth-order valence-corrected chi connectivity index (χ4v) is 2.14. The third-order valence-electron chi connectivity index (χ3n) is 3.11. The van der Waals surface area contributed by atoms with E-state index in [4.69, 9.17) is 0 Å². The average molecular weight is 258 g/mol. The molecule has 0 aliphatic carbocycles. The Bertz CT molecular complexity index is 478. The molecule has 102 valence electrons. The van der Waals surface area contributed by atoms with Crippen molar-refractivity contribution in [2.24, 2.45) is 0 Å². The summed E-state index contributed by atoms with van der Waals surface area (Å²) >= 11 is 0. The van der Waals surface area contributed by atoms with Gasteiger partial charge in [-0.05, 0) is 18.4 Å². The maximum atomic E-state index is 4.54. The van der Waals surface area contributed by atoms with Crippen LogP contribution in [0.3, 0.4) is 0 Å². The molecule has 0 amide bonds. The molecule has 2 aromatic rings. The van der Waals surface area contributed by atoms with Crippen LogP contribution in [0, 0.1) is 0 Å². The lowest BCUT2D eigenvalue weighted by Gasteiger charge is -2.16. The molecular formula is C15H22N4. The van der Waals surface area contributed by atoms with E-state index in [9.17, 15) is 0 Å². The second-order valence-electron chi connectivity index (χ2n) is 4.69. The fourth-order valence-electron chi connectivity index (χ4n) is 2.14. The Hall–Kier alpha value is -1.84. The highest BCUT2D eigenvalue weighted by atomic mass is 15.4. The molecule has 4 heteroatoms. The van der Waals surface area contributed by atoms with Gasteiger partial charge in [-0.1, -0.05) is 50.6 Å². The third kappa shape index (κ3) is 3.56. The van der Waals surface area contributed by atoms with Crippen molar-refractivity contribution in [1.29, 1.82) is 0 Å². The van der Waals surface area contributed by atoms with E-state index in [2.05, 4.69) is 53.5 Å². The van der Waals surface area contributed by atoms with Crippen LogP contribution in [-0.2, 0) is 0 Å². The topological polar surface area (TPSA) is 42.7 Å². The molecule has 1 aromatic carbocycles. The number of benzene rings is 1. The van der Waals surface area contributed by atoms with Crippen LogP contribution >= 0.6 is 0 Å². The number of hydrogen-bond acceptors (Lipinski definition) is 3. The number of hydrogen-bond donors (Lipinski definition) is 1. The predicted octanol–water partition coefficient (Wildman–Crippen LogP) is 3.49. The SMILES string of the molecule is CCCNc1ncn([C@@H](CCC)c2ccccc2)n1. The summed E-state index contributed by atoms with van der Waals surface area (Å²) in [5.41, 5.74) is 1.29. The van der Waals surface area contributed by atoms with Crippen LogP contribution in [0.2, 0.25) is 0 Å². The van der Waals surface area contributed by atoms with Crippen LogP contribution in [-0.4, -0.2) is 21.3 Å². The Labute approximate surface area is 114 Å². The van der Waals surface area contributed by atoms with E-state index in [1.165, 1.54) is 5.56 Å². The zero-order valence-corrected chi connectivity index (χ0v) is 11.7. The van der Waals surface area contributed by atoms with Crippen molar-refractivity contribution in [2.45, 2.75) is 39.2 Å². The van der Waals surface area contributed by atoms with Gasteiger partial charge in [-0.25, -0.2) is 9.67 Å². The molecule has 4 nitrogen and oxygen atoms in total. The van der Waals surface area contributed by atoms with Gasteiger partial charge in [0, 0.05) is 6.54 Å². The maximum Gasteiger partial charge on any atom is 0.242 e. The summed E-state index contributed by atoms with van der Waals surface area (Å²) in [6.45, 7) is 5.24. The summed E-state index contributed by atoms with van der Waals surface area (Å²) in [6, 6.07) is 10.8. The lowest BCUT2D eigenvalue weighted by Crippen LogP contribution is -2.12. The summed E-state index contributed by atoms with van der Waals surface area (Å²) in [4.78, 5) is 4.32. The molecule has 19 heavy (non-hydrogen) atoms. The standard InChI is InChI=1S/C15H22N4/c1-3-8-14(13-9-6-5-7-10-13)19-12-17-15(18-19)16-11-4-2/h5-7,9-10,12,14H,3-4,8,11H2,1-2H3,(H,16,18)/t14-/m0/s1. The van der Waals surface area contributed by atoms with Crippen LogP contribution in [0.15, 0.2) is 36.7 Å². The first kappa shape index (κ1) is 13.6. The first-order chi connectivity index (χ1) is 9.35. The van der Waals surface area contributed by atoms with Gasteiger partial charge in [0.25, 0.3) is 0 Å². The lowest BCUT2D eigenvalue weighted by atomic mass is 10.0. The second-order valence-corrected chi connectivity index (χ2v) is 4.69. The molecule has 0 bridgehead atoms. The van der Waals surface area contributed by atoms with E-state index >= 15 is 0 Å². The van der Waals surface area contributed by atoms with Gasteiger partial charge in [-0.3, -0.25) is 0 Å². The van der Waals surface area contributed by atoms with Crippen LogP contribution in [0.4, 0.5) is 5.95 Å². The molecule has 0 spiro atoms. The predicted molar refractivity (Wildman–Crippen MR) is 78.3 cm³/mol. The lowest BCUT2D eigenvalue weighted by molar-refractivity contribution is 0.484. The molecule has 0 saturated heterocycles. The van der Waals surface area contributed by atoms with Crippen molar-refractivity contribution in [3.05, 3.63) is 42.2 Å². The molecule has 0 aliphatic heterocycles. The van der Waals surface area contributed by atoms with E-state index < -0.39 is 0 Å². The minimum absolute atomic E-state index is 0.274. The molecule has 0 fully saturated rings. The van der Waals surface area contributed by atoms with E-state index in [0.29, 0.717) is 0 Å². The Morgan fingerprint density at radius 1 is 1.16 bits per heavy atom. The highest BCUT2D eigenvalue weighted by molar-refractivity contribution is 5.23.